The van der Waals surface area contributed by atoms with Gasteiger partial charge in [0.25, 0.3) is 5.91 Å². The molecule has 1 saturated heterocycles. The van der Waals surface area contributed by atoms with Crippen molar-refractivity contribution in [3.63, 3.8) is 0 Å². The normalized spacial score (nSPS) is 17.8. The molecule has 4 nitrogen and oxygen atoms in total. The second kappa shape index (κ2) is 7.87. The fraction of sp³-hybridized carbons (Fsp3) is 0.476. The molecule has 1 aromatic carbocycles. The summed E-state index contributed by atoms with van der Waals surface area (Å²) in [7, 11) is 1.97. The highest BCUT2D eigenvalue weighted by atomic mass is 16.2. The molecule has 0 N–H and O–H groups in total. The summed E-state index contributed by atoms with van der Waals surface area (Å²) in [5.41, 5.74) is 3.28. The van der Waals surface area contributed by atoms with Crippen LogP contribution in [0.1, 0.15) is 35.1 Å². The lowest BCUT2D eigenvalue weighted by Crippen LogP contribution is -2.37. The van der Waals surface area contributed by atoms with Gasteiger partial charge in [0, 0.05) is 38.9 Å². The number of aryl methyl sites for hydroxylation is 1. The van der Waals surface area contributed by atoms with Crippen molar-refractivity contribution in [3.05, 3.63) is 59.4 Å². The molecular weight excluding hydrogens is 310 g/mol. The topological polar surface area (TPSA) is 28.5 Å². The summed E-state index contributed by atoms with van der Waals surface area (Å²) in [6, 6.07) is 14.6. The standard InChI is InChI=1S/C21H29N3O/c1-4-24(21(25)20-11-10-17(2)22(20)3)16-19-12-13-23(15-19)14-18-8-6-5-7-9-18/h5-11,19H,4,12-16H2,1-3H3/t19-/m0/s1. The van der Waals surface area contributed by atoms with Gasteiger partial charge in [-0.15, -0.1) is 0 Å². The minimum atomic E-state index is 0.152. The minimum absolute atomic E-state index is 0.152. The highest BCUT2D eigenvalue weighted by molar-refractivity contribution is 5.93. The molecule has 1 atom stereocenters. The smallest absolute Gasteiger partial charge is 0.270 e. The van der Waals surface area contributed by atoms with Crippen LogP contribution in [0, 0.1) is 12.8 Å². The third-order valence-corrected chi connectivity index (χ3v) is 5.36. The summed E-state index contributed by atoms with van der Waals surface area (Å²) in [6.45, 7) is 8.92. The quantitative estimate of drug-likeness (QED) is 0.808. The Morgan fingerprint density at radius 1 is 1.20 bits per heavy atom. The van der Waals surface area contributed by atoms with Crippen molar-refractivity contribution in [2.75, 3.05) is 26.2 Å². The summed E-state index contributed by atoms with van der Waals surface area (Å²) < 4.78 is 1.99. The summed E-state index contributed by atoms with van der Waals surface area (Å²) in [4.78, 5) is 17.4. The number of likely N-dealkylation sites (tertiary alicyclic amines) is 1. The number of amides is 1. The number of rotatable bonds is 6. The van der Waals surface area contributed by atoms with Crippen LogP contribution in [0.15, 0.2) is 42.5 Å². The van der Waals surface area contributed by atoms with E-state index < -0.39 is 0 Å². The lowest BCUT2D eigenvalue weighted by atomic mass is 10.1. The van der Waals surface area contributed by atoms with Gasteiger partial charge in [-0.3, -0.25) is 9.69 Å². The van der Waals surface area contributed by atoms with Gasteiger partial charge in [0.1, 0.15) is 5.69 Å². The molecule has 25 heavy (non-hydrogen) atoms. The summed E-state index contributed by atoms with van der Waals surface area (Å²) >= 11 is 0. The number of hydrogen-bond acceptors (Lipinski definition) is 2. The third kappa shape index (κ3) is 4.13. The zero-order valence-corrected chi connectivity index (χ0v) is 15.6. The molecule has 0 unspecified atom stereocenters. The Bertz CT molecular complexity index is 707. The number of nitrogens with zero attached hydrogens (tertiary/aromatic N) is 3. The van der Waals surface area contributed by atoms with Gasteiger partial charge in [0.2, 0.25) is 0 Å². The van der Waals surface area contributed by atoms with E-state index in [0.29, 0.717) is 5.92 Å². The molecule has 0 aliphatic carbocycles. The zero-order chi connectivity index (χ0) is 17.8. The first-order chi connectivity index (χ1) is 12.1. The Balaban J connectivity index is 1.57. The largest absolute Gasteiger partial charge is 0.344 e. The second-order valence-corrected chi connectivity index (χ2v) is 7.14. The van der Waals surface area contributed by atoms with Crippen molar-refractivity contribution in [3.8, 4) is 0 Å². The van der Waals surface area contributed by atoms with Gasteiger partial charge < -0.3 is 9.47 Å². The van der Waals surface area contributed by atoms with Crippen molar-refractivity contribution >= 4 is 5.91 Å². The predicted molar refractivity (Wildman–Crippen MR) is 102 cm³/mol. The van der Waals surface area contributed by atoms with Crippen LogP contribution in [0.2, 0.25) is 0 Å². The fourth-order valence-electron chi connectivity index (χ4n) is 3.70. The fourth-order valence-corrected chi connectivity index (χ4v) is 3.70. The van der Waals surface area contributed by atoms with Crippen LogP contribution in [0.25, 0.3) is 0 Å². The maximum absolute atomic E-state index is 12.9. The average molecular weight is 339 g/mol. The van der Waals surface area contributed by atoms with E-state index >= 15 is 0 Å². The van der Waals surface area contributed by atoms with E-state index in [1.165, 1.54) is 12.0 Å². The van der Waals surface area contributed by atoms with Gasteiger partial charge in [0.05, 0.1) is 0 Å². The van der Waals surface area contributed by atoms with Gasteiger partial charge >= 0.3 is 0 Å². The van der Waals surface area contributed by atoms with Crippen molar-refractivity contribution < 1.29 is 4.79 Å². The first kappa shape index (κ1) is 17.7. The Hall–Kier alpha value is -2.07. The molecule has 0 radical (unpaired) electrons. The highest BCUT2D eigenvalue weighted by Crippen LogP contribution is 2.21. The molecule has 4 heteroatoms. The molecule has 0 saturated carbocycles. The number of benzene rings is 1. The van der Waals surface area contributed by atoms with Crippen LogP contribution in [0.3, 0.4) is 0 Å². The van der Waals surface area contributed by atoms with Gasteiger partial charge in [-0.1, -0.05) is 30.3 Å². The predicted octanol–water partition coefficient (Wildman–Crippen LogP) is 3.32. The Labute approximate surface area is 151 Å². The molecule has 3 rings (SSSR count). The van der Waals surface area contributed by atoms with Crippen molar-refractivity contribution in [1.82, 2.24) is 14.4 Å². The molecule has 2 heterocycles. The Morgan fingerprint density at radius 2 is 1.96 bits per heavy atom. The lowest BCUT2D eigenvalue weighted by Gasteiger charge is -2.25. The van der Waals surface area contributed by atoms with Gasteiger partial charge in [0.15, 0.2) is 0 Å². The van der Waals surface area contributed by atoms with E-state index in [1.54, 1.807) is 0 Å². The number of carbonyl (C=O) groups excluding carboxylic acids is 1. The first-order valence-corrected chi connectivity index (χ1v) is 9.26. The van der Waals surface area contributed by atoms with E-state index in [4.69, 9.17) is 0 Å². The van der Waals surface area contributed by atoms with E-state index in [1.807, 2.05) is 35.6 Å². The molecule has 1 amide bonds. The highest BCUT2D eigenvalue weighted by Gasteiger charge is 2.27. The van der Waals surface area contributed by atoms with Crippen LogP contribution in [0.5, 0.6) is 0 Å². The molecular formula is C21H29N3O. The number of carbonyl (C=O) groups is 1. The first-order valence-electron chi connectivity index (χ1n) is 9.26. The minimum Gasteiger partial charge on any atom is -0.344 e. The van der Waals surface area contributed by atoms with Crippen molar-refractivity contribution in [2.45, 2.75) is 26.8 Å². The van der Waals surface area contributed by atoms with Gasteiger partial charge in [-0.25, -0.2) is 0 Å². The molecule has 2 aromatic rings. The molecule has 1 aliphatic rings. The molecule has 0 bridgehead atoms. The van der Waals surface area contributed by atoms with Crippen LogP contribution >= 0.6 is 0 Å². The average Bonchev–Trinajstić information content (AvgIpc) is 3.20. The van der Waals surface area contributed by atoms with Gasteiger partial charge in [-0.2, -0.15) is 0 Å². The van der Waals surface area contributed by atoms with Crippen LogP contribution in [0.4, 0.5) is 0 Å². The molecule has 0 spiro atoms. The Morgan fingerprint density at radius 3 is 2.60 bits per heavy atom. The van der Waals surface area contributed by atoms with Gasteiger partial charge in [-0.05, 0) is 50.4 Å². The van der Waals surface area contributed by atoms with Crippen molar-refractivity contribution in [2.24, 2.45) is 13.0 Å². The van der Waals surface area contributed by atoms with Crippen LogP contribution in [-0.4, -0.2) is 46.5 Å². The number of aromatic nitrogens is 1. The van der Waals surface area contributed by atoms with Crippen molar-refractivity contribution in [1.29, 1.82) is 0 Å². The number of hydrogen-bond donors (Lipinski definition) is 0. The lowest BCUT2D eigenvalue weighted by molar-refractivity contribution is 0.0729. The summed E-state index contributed by atoms with van der Waals surface area (Å²) in [5.74, 6) is 0.716. The van der Waals surface area contributed by atoms with E-state index in [0.717, 1.165) is 44.1 Å². The molecule has 1 fully saturated rings. The van der Waals surface area contributed by atoms with E-state index in [-0.39, 0.29) is 5.91 Å². The van der Waals surface area contributed by atoms with Crippen LogP contribution < -0.4 is 0 Å². The maximum Gasteiger partial charge on any atom is 0.270 e. The molecule has 1 aliphatic heterocycles. The summed E-state index contributed by atoms with van der Waals surface area (Å²) in [5, 5.41) is 0. The SMILES string of the molecule is CCN(C[C@H]1CCN(Cc2ccccc2)C1)C(=O)c1ccc(C)n1C. The second-order valence-electron chi connectivity index (χ2n) is 7.14. The van der Waals surface area contributed by atoms with E-state index in [2.05, 4.69) is 42.2 Å². The summed E-state index contributed by atoms with van der Waals surface area (Å²) in [6.07, 6.45) is 1.17. The zero-order valence-electron chi connectivity index (χ0n) is 15.6. The molecule has 134 valence electrons. The maximum atomic E-state index is 12.9. The monoisotopic (exact) mass is 339 g/mol. The van der Waals surface area contributed by atoms with E-state index in [9.17, 15) is 4.79 Å². The third-order valence-electron chi connectivity index (χ3n) is 5.36. The van der Waals surface area contributed by atoms with Crippen LogP contribution in [-0.2, 0) is 13.6 Å². The molecule has 1 aromatic heterocycles. The Kier molecular flexibility index (Phi) is 5.59.